The second kappa shape index (κ2) is 13.2. The third-order valence-electron chi connectivity index (χ3n) is 12.9. The largest absolute Gasteiger partial charge is 0.508 e. The third kappa shape index (κ3) is 4.82. The van der Waals surface area contributed by atoms with Crippen molar-refractivity contribution in [2.45, 2.75) is 11.0 Å². The molecule has 2 spiro atoms. The summed E-state index contributed by atoms with van der Waals surface area (Å²) in [5.74, 6) is 3.49. The fourth-order valence-electron chi connectivity index (χ4n) is 10.4. The molecule has 8 nitrogen and oxygen atoms in total. The zero-order chi connectivity index (χ0) is 42.0. The number of rotatable bonds is 5. The monoisotopic (exact) mass is 858 g/mol. The molecule has 0 bridgehead atoms. The van der Waals surface area contributed by atoms with Gasteiger partial charge in [-0.3, -0.25) is 0 Å². The van der Waals surface area contributed by atoms with Gasteiger partial charge in [0.1, 0.15) is 46.0 Å². The van der Waals surface area contributed by atoms with E-state index in [4.69, 9.17) is 26.8 Å². The first-order valence-electron chi connectivity index (χ1n) is 20.3. The van der Waals surface area contributed by atoms with Gasteiger partial charge < -0.3 is 31.9 Å². The summed E-state index contributed by atoms with van der Waals surface area (Å²) in [4.78, 5) is 13.3. The van der Waals surface area contributed by atoms with Crippen molar-refractivity contribution < 1.29 is 36.7 Å². The van der Waals surface area contributed by atoms with E-state index in [1.54, 1.807) is 30.3 Å². The molecular weight excluding hydrogens is 829 g/mol. The number of hydrogen-bond acceptors (Lipinski definition) is 10. The second-order valence-corrected chi connectivity index (χ2v) is 16.6. The fourth-order valence-corrected chi connectivity index (χ4v) is 11.0. The number of fused-ring (bicyclic) bond motifs is 19. The van der Waals surface area contributed by atoms with Gasteiger partial charge in [0.05, 0.1) is 11.0 Å². The van der Waals surface area contributed by atoms with Crippen molar-refractivity contribution in [1.82, 2.24) is 0 Å². The summed E-state index contributed by atoms with van der Waals surface area (Å²) >= 11 is 5.01. The van der Waals surface area contributed by atoms with Crippen molar-refractivity contribution in [3.63, 3.8) is 0 Å². The molecule has 13 rings (SSSR count). The highest BCUT2D eigenvalue weighted by Crippen LogP contribution is 2.64. The lowest BCUT2D eigenvalue weighted by Gasteiger charge is -2.40. The van der Waals surface area contributed by atoms with Crippen LogP contribution < -0.4 is 22.0 Å². The van der Waals surface area contributed by atoms with Crippen LogP contribution in [0.3, 0.4) is 0 Å². The Labute approximate surface area is 370 Å². The lowest BCUT2D eigenvalue weighted by Crippen LogP contribution is -2.32. The fraction of sp³-hybridized carbons (Fsp3) is 0.0377. The van der Waals surface area contributed by atoms with Crippen LogP contribution in [0.5, 0.6) is 46.0 Å². The summed E-state index contributed by atoms with van der Waals surface area (Å²) in [7, 11) is 0. The Balaban J connectivity index is 0.894. The number of hydrogen-bond donors (Lipinski definition) is 2. The molecule has 63 heavy (non-hydrogen) atoms. The zero-order valence-electron chi connectivity index (χ0n) is 32.8. The van der Waals surface area contributed by atoms with Crippen molar-refractivity contribution >= 4 is 52.7 Å². The Morgan fingerprint density at radius 2 is 1.06 bits per heavy atom. The van der Waals surface area contributed by atoms with E-state index in [0.29, 0.717) is 51.0 Å². The van der Waals surface area contributed by atoms with Crippen molar-refractivity contribution in [3.8, 4) is 57.1 Å². The number of carbonyl (C=O) groups excluding carboxylic acids is 1. The van der Waals surface area contributed by atoms with Gasteiger partial charge in [-0.15, -0.1) is 0 Å². The molecule has 3 heterocycles. The molecule has 9 aromatic carbocycles. The lowest BCUT2D eigenvalue weighted by molar-refractivity contribution is 0.0224. The predicted octanol–water partition coefficient (Wildman–Crippen LogP) is 13.0. The van der Waals surface area contributed by atoms with Gasteiger partial charge in [-0.1, -0.05) is 103 Å². The highest BCUT2D eigenvalue weighted by molar-refractivity contribution is 7.90. The van der Waals surface area contributed by atoms with Crippen LogP contribution in [-0.2, 0) is 15.8 Å². The molecule has 9 aromatic rings. The van der Waals surface area contributed by atoms with Crippen molar-refractivity contribution in [3.05, 3.63) is 214 Å². The number of esters is 1. The van der Waals surface area contributed by atoms with E-state index in [1.165, 1.54) is 28.3 Å². The Hall–Kier alpha value is -7.53. The number of carbonyl (C=O) groups is 1. The summed E-state index contributed by atoms with van der Waals surface area (Å²) < 4.78 is 37.8. The van der Waals surface area contributed by atoms with Crippen LogP contribution in [0.25, 0.3) is 32.7 Å². The van der Waals surface area contributed by atoms with Crippen LogP contribution in [-0.4, -0.2) is 11.1 Å². The minimum absolute atomic E-state index is 0.0194. The van der Waals surface area contributed by atoms with Gasteiger partial charge in [0.25, 0.3) is 12.3 Å². The minimum atomic E-state index is -1.27. The number of thiol groups is 1. The molecule has 1 N–H and O–H groups in total. The van der Waals surface area contributed by atoms with Gasteiger partial charge in [0.15, 0.2) is 5.60 Å². The quantitative estimate of drug-likeness (QED) is 0.0997. The van der Waals surface area contributed by atoms with Gasteiger partial charge in [-0.2, -0.15) is 0 Å². The molecule has 10 heteroatoms. The second-order valence-electron chi connectivity index (χ2n) is 15.9. The molecule has 0 aromatic heterocycles. The number of phenolic OH excluding ortho intramolecular Hbond substituents is 1. The number of phenols is 1. The predicted molar refractivity (Wildman–Crippen MR) is 244 cm³/mol. The SMILES string of the molecule is O=C1OC2(c3ccc(O)cc3Oc3cc(OSOc4cccc5c6c(ccc45)C4(c5ccccc5-c5ccccc54)c4ccc5c(OS)cccc5c4O6)ccc32)c2ccccc21. The van der Waals surface area contributed by atoms with Crippen LogP contribution in [0, 0.1) is 0 Å². The Bertz CT molecular complexity index is 3430. The molecule has 0 amide bonds. The summed E-state index contributed by atoms with van der Waals surface area (Å²) in [6.07, 6.45) is 0. The molecule has 0 saturated carbocycles. The van der Waals surface area contributed by atoms with Crippen LogP contribution in [0.2, 0.25) is 0 Å². The molecule has 0 radical (unpaired) electrons. The molecule has 3 aliphatic heterocycles. The Kier molecular flexibility index (Phi) is 7.60. The maximum atomic E-state index is 13.3. The first-order valence-corrected chi connectivity index (χ1v) is 21.3. The van der Waals surface area contributed by atoms with Gasteiger partial charge in [0.2, 0.25) is 0 Å². The summed E-state index contributed by atoms with van der Waals surface area (Å²) in [5, 5.41) is 13.9. The zero-order valence-corrected chi connectivity index (χ0v) is 34.5. The molecular formula is C53H30O8S2. The Morgan fingerprint density at radius 3 is 1.75 bits per heavy atom. The van der Waals surface area contributed by atoms with E-state index in [9.17, 15) is 9.90 Å². The van der Waals surface area contributed by atoms with E-state index in [1.807, 2.05) is 48.5 Å². The van der Waals surface area contributed by atoms with Gasteiger partial charge in [0, 0.05) is 74.4 Å². The van der Waals surface area contributed by atoms with Gasteiger partial charge in [-0.25, -0.2) is 4.79 Å². The molecule has 1 aliphatic carbocycles. The summed E-state index contributed by atoms with van der Waals surface area (Å²) in [6.45, 7) is 0. The first-order chi connectivity index (χ1) is 31.0. The number of ether oxygens (including phenoxy) is 3. The minimum Gasteiger partial charge on any atom is -0.508 e. The van der Waals surface area contributed by atoms with Gasteiger partial charge >= 0.3 is 5.97 Å². The highest BCUT2D eigenvalue weighted by Gasteiger charge is 2.54. The molecule has 0 fully saturated rings. The topological polar surface area (TPSA) is 92.7 Å². The van der Waals surface area contributed by atoms with E-state index < -0.39 is 17.0 Å². The average molecular weight is 859 g/mol. The first kappa shape index (κ1) is 36.2. The van der Waals surface area contributed by atoms with E-state index >= 15 is 0 Å². The summed E-state index contributed by atoms with van der Waals surface area (Å²) in [6, 6.07) is 55.1. The van der Waals surface area contributed by atoms with Crippen LogP contribution >= 0.6 is 25.2 Å². The van der Waals surface area contributed by atoms with Crippen LogP contribution in [0.4, 0.5) is 0 Å². The highest BCUT2D eigenvalue weighted by atomic mass is 32.2. The maximum Gasteiger partial charge on any atom is 0.340 e. The smallest absolute Gasteiger partial charge is 0.340 e. The molecule has 4 aliphatic rings. The van der Waals surface area contributed by atoms with Gasteiger partial charge in [-0.05, 0) is 76.9 Å². The van der Waals surface area contributed by atoms with E-state index in [2.05, 4.69) is 97.8 Å². The molecule has 302 valence electrons. The van der Waals surface area contributed by atoms with Crippen LogP contribution in [0.1, 0.15) is 49.3 Å². The van der Waals surface area contributed by atoms with Crippen molar-refractivity contribution in [1.29, 1.82) is 0 Å². The van der Waals surface area contributed by atoms with E-state index in [-0.39, 0.29) is 5.75 Å². The van der Waals surface area contributed by atoms with E-state index in [0.717, 1.165) is 56.5 Å². The third-order valence-corrected chi connectivity index (χ3v) is 13.6. The normalized spacial score (nSPS) is 16.4. The molecule has 1 atom stereocenters. The number of benzene rings is 9. The maximum absolute atomic E-state index is 13.3. The van der Waals surface area contributed by atoms with Crippen molar-refractivity contribution in [2.24, 2.45) is 0 Å². The average Bonchev–Trinajstić information content (AvgIpc) is 3.78. The summed E-state index contributed by atoms with van der Waals surface area (Å²) in [5.41, 5.74) is 7.26. The molecule has 0 saturated heterocycles. The Morgan fingerprint density at radius 1 is 0.492 bits per heavy atom. The standard InChI is InChI=1S/C53H30O8S2/c54-29-19-23-41-47(27-29)56-48-28-30(20-24-42(48)53(41)40-16-6-3-11-37(40)51(55)58-53)60-63-61-46-18-8-13-36-34(46)22-26-44-50(36)57-49-35-12-7-17-45(59-62)33(35)21-25-43(49)52(44)38-14-4-1-9-31(38)32-10-2-5-15-39(32)52/h1-28,54,62H. The van der Waals surface area contributed by atoms with Crippen molar-refractivity contribution in [2.75, 3.05) is 0 Å². The van der Waals surface area contributed by atoms with Crippen LogP contribution in [0.15, 0.2) is 170 Å². The number of aromatic hydroxyl groups is 1. The lowest BCUT2D eigenvalue weighted by atomic mass is 9.65. The molecule has 1 unspecified atom stereocenters.